The minimum absolute atomic E-state index is 0.127. The number of carbonyl (C=O) groups is 2. The molecule has 1 aliphatic carbocycles. The summed E-state index contributed by atoms with van der Waals surface area (Å²) in [6.45, 7) is 11.7. The van der Waals surface area contributed by atoms with E-state index in [0.29, 0.717) is 13.1 Å². The predicted octanol–water partition coefficient (Wildman–Crippen LogP) is 3.06. The summed E-state index contributed by atoms with van der Waals surface area (Å²) in [5.74, 6) is 0.177. The molecule has 0 saturated carbocycles. The molecule has 0 aromatic carbocycles. The maximum Gasteiger partial charge on any atom is 0.410 e. The molecule has 2 heterocycles. The van der Waals surface area contributed by atoms with Gasteiger partial charge in [-0.05, 0) is 58.4 Å². The first kappa shape index (κ1) is 20.7. The van der Waals surface area contributed by atoms with Gasteiger partial charge in [0.05, 0.1) is 0 Å². The summed E-state index contributed by atoms with van der Waals surface area (Å²) < 4.78 is 5.43. The van der Waals surface area contributed by atoms with Crippen molar-refractivity contribution in [1.29, 1.82) is 0 Å². The van der Waals surface area contributed by atoms with Crippen LogP contribution in [0.2, 0.25) is 0 Å². The molecule has 6 nitrogen and oxygen atoms in total. The number of nitrogens with two attached hydrogens (primary N) is 1. The lowest BCUT2D eigenvalue weighted by Gasteiger charge is -2.37. The van der Waals surface area contributed by atoms with Gasteiger partial charge in [0, 0.05) is 37.3 Å². The summed E-state index contributed by atoms with van der Waals surface area (Å²) >= 11 is 0. The fraction of sp³-hybridized carbons (Fsp3) is 0.800. The van der Waals surface area contributed by atoms with Crippen LogP contribution in [0.15, 0.2) is 11.1 Å². The number of piperidine rings is 1. The summed E-state index contributed by atoms with van der Waals surface area (Å²) in [7, 11) is 0. The largest absolute Gasteiger partial charge is 0.444 e. The first-order valence-electron chi connectivity index (χ1n) is 10.00. The zero-order chi connectivity index (χ0) is 19.5. The molecule has 1 saturated heterocycles. The molecule has 0 radical (unpaired) electrons. The van der Waals surface area contributed by atoms with Crippen molar-refractivity contribution >= 4 is 12.0 Å². The van der Waals surface area contributed by atoms with Gasteiger partial charge in [-0.25, -0.2) is 4.79 Å². The first-order chi connectivity index (χ1) is 12.2. The van der Waals surface area contributed by atoms with Crippen molar-refractivity contribution in [2.75, 3.05) is 19.6 Å². The molecule has 0 aromatic rings. The second kappa shape index (κ2) is 8.42. The van der Waals surface area contributed by atoms with Crippen molar-refractivity contribution in [2.24, 2.45) is 5.73 Å². The second-order valence-corrected chi connectivity index (χ2v) is 8.22. The third-order valence-electron chi connectivity index (χ3n) is 5.15. The van der Waals surface area contributed by atoms with Crippen molar-refractivity contribution in [1.82, 2.24) is 9.80 Å². The van der Waals surface area contributed by atoms with E-state index < -0.39 is 5.60 Å². The summed E-state index contributed by atoms with van der Waals surface area (Å²) in [5, 5.41) is 0. The van der Waals surface area contributed by atoms with Crippen molar-refractivity contribution in [3.05, 3.63) is 11.1 Å². The molecule has 2 N–H and O–H groups in total. The molecule has 1 unspecified atom stereocenters. The normalized spacial score (nSPS) is 24.2. The van der Waals surface area contributed by atoms with Gasteiger partial charge in [-0.2, -0.15) is 0 Å². The third-order valence-corrected chi connectivity index (χ3v) is 5.15. The standard InChI is InChI=1S/C18H29N3O3.C2H6/c1-18(2,3)24-17(23)20-8-6-14(7-9-20)21-11-12-4-5-13(19)10-15(12)16(21)22;1-2/h13-14H,4-11,19H2,1-3H3;1-2H3. The molecule has 0 aromatic heterocycles. The summed E-state index contributed by atoms with van der Waals surface area (Å²) in [6.07, 6.45) is 4.04. The lowest BCUT2D eigenvalue weighted by molar-refractivity contribution is -0.128. The van der Waals surface area contributed by atoms with Crippen LogP contribution in [0.1, 0.15) is 66.7 Å². The summed E-state index contributed by atoms with van der Waals surface area (Å²) in [4.78, 5) is 28.6. The van der Waals surface area contributed by atoms with Crippen LogP contribution in [-0.2, 0) is 9.53 Å². The van der Waals surface area contributed by atoms with Crippen molar-refractivity contribution in [3.8, 4) is 0 Å². The lowest BCUT2D eigenvalue weighted by Crippen LogP contribution is -2.48. The van der Waals surface area contributed by atoms with Gasteiger partial charge in [0.1, 0.15) is 5.60 Å². The van der Waals surface area contributed by atoms with Gasteiger partial charge in [-0.1, -0.05) is 13.8 Å². The minimum atomic E-state index is -0.472. The monoisotopic (exact) mass is 365 g/mol. The number of hydrogen-bond acceptors (Lipinski definition) is 4. The highest BCUT2D eigenvalue weighted by atomic mass is 16.6. The van der Waals surface area contributed by atoms with Crippen molar-refractivity contribution in [2.45, 2.75) is 84.4 Å². The molecule has 2 amide bonds. The molecular formula is C20H35N3O3. The van der Waals surface area contributed by atoms with Gasteiger partial charge in [0.15, 0.2) is 0 Å². The van der Waals surface area contributed by atoms with E-state index in [-0.39, 0.29) is 24.1 Å². The van der Waals surface area contributed by atoms with Crippen LogP contribution in [0.25, 0.3) is 0 Å². The molecule has 1 fully saturated rings. The SMILES string of the molecule is CC.CC(C)(C)OC(=O)N1CCC(N2CC3=C(CC(N)CC3)C2=O)CC1. The quantitative estimate of drug-likeness (QED) is 0.775. The minimum Gasteiger partial charge on any atom is -0.444 e. The Kier molecular flexibility index (Phi) is 6.72. The Morgan fingerprint density at radius 1 is 1.15 bits per heavy atom. The number of rotatable bonds is 1. The van der Waals surface area contributed by atoms with Crippen LogP contribution in [0.4, 0.5) is 4.79 Å². The predicted molar refractivity (Wildman–Crippen MR) is 103 cm³/mol. The Hall–Kier alpha value is -1.56. The van der Waals surface area contributed by atoms with E-state index in [4.69, 9.17) is 10.5 Å². The highest BCUT2D eigenvalue weighted by Gasteiger charge is 2.38. The Bertz CT molecular complexity index is 557. The van der Waals surface area contributed by atoms with E-state index in [1.165, 1.54) is 5.57 Å². The van der Waals surface area contributed by atoms with Gasteiger partial charge >= 0.3 is 6.09 Å². The Balaban J connectivity index is 0.00000117. The third kappa shape index (κ3) is 4.78. The number of amides is 2. The average molecular weight is 366 g/mol. The van der Waals surface area contributed by atoms with Crippen LogP contribution >= 0.6 is 0 Å². The van der Waals surface area contributed by atoms with Crippen LogP contribution in [0, 0.1) is 0 Å². The van der Waals surface area contributed by atoms with E-state index >= 15 is 0 Å². The highest BCUT2D eigenvalue weighted by molar-refractivity contribution is 5.97. The number of nitrogens with zero attached hydrogens (tertiary/aromatic N) is 2. The van der Waals surface area contributed by atoms with Crippen molar-refractivity contribution < 1.29 is 14.3 Å². The summed E-state index contributed by atoms with van der Waals surface area (Å²) in [5.41, 5.74) is 7.79. The van der Waals surface area contributed by atoms with E-state index in [0.717, 1.165) is 44.2 Å². The molecule has 148 valence electrons. The number of ether oxygens (including phenoxy) is 1. The second-order valence-electron chi connectivity index (χ2n) is 8.22. The highest BCUT2D eigenvalue weighted by Crippen LogP contribution is 2.34. The molecule has 3 aliphatic rings. The maximum absolute atomic E-state index is 12.7. The van der Waals surface area contributed by atoms with Crippen LogP contribution in [0.5, 0.6) is 0 Å². The Labute approximate surface area is 157 Å². The van der Waals surface area contributed by atoms with E-state index in [1.807, 2.05) is 39.5 Å². The van der Waals surface area contributed by atoms with Crippen LogP contribution in [-0.4, -0.2) is 59.1 Å². The maximum atomic E-state index is 12.7. The average Bonchev–Trinajstić information content (AvgIpc) is 2.92. The van der Waals surface area contributed by atoms with Gasteiger partial charge in [0.2, 0.25) is 5.91 Å². The molecule has 2 aliphatic heterocycles. The fourth-order valence-electron chi connectivity index (χ4n) is 3.86. The molecule has 6 heteroatoms. The Morgan fingerprint density at radius 3 is 2.35 bits per heavy atom. The lowest BCUT2D eigenvalue weighted by atomic mass is 9.90. The zero-order valence-electron chi connectivity index (χ0n) is 17.0. The Morgan fingerprint density at radius 2 is 1.77 bits per heavy atom. The molecule has 0 bridgehead atoms. The van der Waals surface area contributed by atoms with Gasteiger partial charge in [-0.3, -0.25) is 4.79 Å². The van der Waals surface area contributed by atoms with Gasteiger partial charge < -0.3 is 20.3 Å². The van der Waals surface area contributed by atoms with E-state index in [1.54, 1.807) is 4.90 Å². The molecule has 0 spiro atoms. The number of likely N-dealkylation sites (tertiary alicyclic amines) is 1. The van der Waals surface area contributed by atoms with Crippen molar-refractivity contribution in [3.63, 3.8) is 0 Å². The topological polar surface area (TPSA) is 75.9 Å². The first-order valence-corrected chi connectivity index (χ1v) is 10.00. The van der Waals surface area contributed by atoms with Gasteiger partial charge in [0.25, 0.3) is 0 Å². The van der Waals surface area contributed by atoms with E-state index in [2.05, 4.69) is 0 Å². The zero-order valence-corrected chi connectivity index (χ0v) is 17.0. The molecule has 26 heavy (non-hydrogen) atoms. The smallest absolute Gasteiger partial charge is 0.410 e. The molecular weight excluding hydrogens is 330 g/mol. The number of carbonyl (C=O) groups excluding carboxylic acids is 2. The van der Waals surface area contributed by atoms with E-state index in [9.17, 15) is 9.59 Å². The number of hydrogen-bond donors (Lipinski definition) is 1. The molecule has 3 rings (SSSR count). The fourth-order valence-corrected chi connectivity index (χ4v) is 3.86. The van der Waals surface area contributed by atoms with Gasteiger partial charge in [-0.15, -0.1) is 0 Å². The summed E-state index contributed by atoms with van der Waals surface area (Å²) in [6, 6.07) is 0.347. The van der Waals surface area contributed by atoms with Crippen LogP contribution < -0.4 is 5.73 Å². The molecule has 1 atom stereocenters. The van der Waals surface area contributed by atoms with Crippen LogP contribution in [0.3, 0.4) is 0 Å².